The Morgan fingerprint density at radius 2 is 2.08 bits per heavy atom. The molecule has 6 heteroatoms. The Labute approximate surface area is 73.2 Å². The molecule has 1 heterocycles. The van der Waals surface area contributed by atoms with Gasteiger partial charge in [0.25, 0.3) is 0 Å². The van der Waals surface area contributed by atoms with Crippen LogP contribution in [-0.2, 0) is 0 Å². The van der Waals surface area contributed by atoms with Crippen molar-refractivity contribution in [1.82, 2.24) is 15.0 Å². The minimum absolute atomic E-state index is 0.0835. The monoisotopic (exact) mass is 186 g/mol. The summed E-state index contributed by atoms with van der Waals surface area (Å²) in [6, 6.07) is 0. The number of nitrogen functional groups attached to an aromatic ring is 1. The molecule has 70 valence electrons. The second-order valence-corrected chi connectivity index (χ2v) is 3.16. The zero-order valence-corrected chi connectivity index (χ0v) is 6.74. The van der Waals surface area contributed by atoms with Crippen LogP contribution in [0.3, 0.4) is 0 Å². The fraction of sp³-hybridized carbons (Fsp3) is 0.571. The van der Waals surface area contributed by atoms with Crippen LogP contribution in [0.1, 0.15) is 24.6 Å². The molecule has 1 aliphatic carbocycles. The Hall–Kier alpha value is -1.33. The van der Waals surface area contributed by atoms with Crippen LogP contribution in [-0.4, -0.2) is 20.9 Å². The van der Waals surface area contributed by atoms with Gasteiger partial charge in [0.1, 0.15) is 12.2 Å². The summed E-state index contributed by atoms with van der Waals surface area (Å²) in [5.74, 6) is -2.36. The van der Waals surface area contributed by atoms with Crippen LogP contribution in [0.4, 0.5) is 14.7 Å². The molecule has 2 N–H and O–H groups in total. The standard InChI is InChI=1S/C7H8F2N4/c8-7(9)1-4(2-7)5-11-3-12-6(10)13-5/h3-4H,1-2H2,(H2,10,11,12,13). The maximum Gasteiger partial charge on any atom is 0.249 e. The SMILES string of the molecule is Nc1ncnc(C2CC(F)(F)C2)n1. The van der Waals surface area contributed by atoms with E-state index in [-0.39, 0.29) is 24.7 Å². The first-order valence-corrected chi connectivity index (χ1v) is 3.89. The van der Waals surface area contributed by atoms with E-state index < -0.39 is 5.92 Å². The maximum absolute atomic E-state index is 12.5. The van der Waals surface area contributed by atoms with Gasteiger partial charge in [-0.1, -0.05) is 0 Å². The minimum Gasteiger partial charge on any atom is -0.368 e. The zero-order chi connectivity index (χ0) is 9.47. The number of nitrogens with two attached hydrogens (primary N) is 1. The summed E-state index contributed by atoms with van der Waals surface area (Å²) in [5, 5.41) is 0. The lowest BCUT2D eigenvalue weighted by atomic mass is 9.81. The Morgan fingerprint density at radius 1 is 1.38 bits per heavy atom. The van der Waals surface area contributed by atoms with Crippen LogP contribution in [0, 0.1) is 0 Å². The van der Waals surface area contributed by atoms with E-state index in [4.69, 9.17) is 5.73 Å². The maximum atomic E-state index is 12.5. The van der Waals surface area contributed by atoms with Gasteiger partial charge in [0.2, 0.25) is 11.9 Å². The molecule has 0 saturated heterocycles. The highest BCUT2D eigenvalue weighted by molar-refractivity contribution is 5.16. The summed E-state index contributed by atoms with van der Waals surface area (Å²) >= 11 is 0. The predicted molar refractivity (Wildman–Crippen MR) is 41.2 cm³/mol. The molecular formula is C7H8F2N4. The van der Waals surface area contributed by atoms with Crippen LogP contribution < -0.4 is 5.73 Å². The third kappa shape index (κ3) is 1.56. The normalized spacial score (nSPS) is 21.1. The van der Waals surface area contributed by atoms with Crippen LogP contribution in [0.2, 0.25) is 0 Å². The van der Waals surface area contributed by atoms with E-state index in [1.807, 2.05) is 0 Å². The topological polar surface area (TPSA) is 64.7 Å². The largest absolute Gasteiger partial charge is 0.368 e. The molecule has 2 rings (SSSR count). The lowest BCUT2D eigenvalue weighted by molar-refractivity contribution is -0.0885. The van der Waals surface area contributed by atoms with Crippen LogP contribution in [0.5, 0.6) is 0 Å². The molecule has 0 radical (unpaired) electrons. The molecule has 0 aliphatic heterocycles. The first-order valence-electron chi connectivity index (χ1n) is 3.89. The number of halogens is 2. The molecule has 0 bridgehead atoms. The molecule has 0 amide bonds. The summed E-state index contributed by atoms with van der Waals surface area (Å²) in [6.07, 6.45) is 0.876. The zero-order valence-electron chi connectivity index (χ0n) is 6.74. The van der Waals surface area contributed by atoms with E-state index in [0.29, 0.717) is 5.82 Å². The van der Waals surface area contributed by atoms with Crippen LogP contribution >= 0.6 is 0 Å². The third-order valence-electron chi connectivity index (χ3n) is 2.06. The van der Waals surface area contributed by atoms with Crippen molar-refractivity contribution in [2.24, 2.45) is 0 Å². The van der Waals surface area contributed by atoms with Gasteiger partial charge in [-0.3, -0.25) is 0 Å². The summed E-state index contributed by atoms with van der Waals surface area (Å²) in [6.45, 7) is 0. The van der Waals surface area contributed by atoms with Gasteiger partial charge < -0.3 is 5.73 Å². The second kappa shape index (κ2) is 2.58. The highest BCUT2D eigenvalue weighted by Gasteiger charge is 2.47. The summed E-state index contributed by atoms with van der Waals surface area (Å²) < 4.78 is 24.9. The van der Waals surface area contributed by atoms with E-state index in [1.165, 1.54) is 6.33 Å². The molecule has 1 saturated carbocycles. The molecule has 13 heavy (non-hydrogen) atoms. The number of alkyl halides is 2. The highest BCUT2D eigenvalue weighted by atomic mass is 19.3. The van der Waals surface area contributed by atoms with Crippen molar-refractivity contribution < 1.29 is 8.78 Å². The molecule has 0 aromatic carbocycles. The molecule has 0 atom stereocenters. The molecule has 1 aliphatic rings. The van der Waals surface area contributed by atoms with Crippen molar-refractivity contribution in [2.75, 3.05) is 5.73 Å². The van der Waals surface area contributed by atoms with Gasteiger partial charge in [0.15, 0.2) is 0 Å². The lowest BCUT2D eigenvalue weighted by Gasteiger charge is -2.33. The smallest absolute Gasteiger partial charge is 0.249 e. The van der Waals surface area contributed by atoms with E-state index in [0.717, 1.165) is 0 Å². The molecular weight excluding hydrogens is 178 g/mol. The fourth-order valence-corrected chi connectivity index (χ4v) is 1.36. The van der Waals surface area contributed by atoms with Crippen molar-refractivity contribution in [2.45, 2.75) is 24.7 Å². The molecule has 1 fully saturated rings. The molecule has 0 spiro atoms. The van der Waals surface area contributed by atoms with Gasteiger partial charge in [-0.15, -0.1) is 0 Å². The van der Waals surface area contributed by atoms with Crippen molar-refractivity contribution in [1.29, 1.82) is 0 Å². The second-order valence-electron chi connectivity index (χ2n) is 3.16. The summed E-state index contributed by atoms with van der Waals surface area (Å²) in [7, 11) is 0. The quantitative estimate of drug-likeness (QED) is 0.709. The van der Waals surface area contributed by atoms with Crippen molar-refractivity contribution in [3.05, 3.63) is 12.2 Å². The van der Waals surface area contributed by atoms with E-state index in [9.17, 15) is 8.78 Å². The van der Waals surface area contributed by atoms with Crippen molar-refractivity contribution in [3.8, 4) is 0 Å². The van der Waals surface area contributed by atoms with Gasteiger partial charge >= 0.3 is 0 Å². The predicted octanol–water partition coefficient (Wildman–Crippen LogP) is 0.966. The number of hydrogen-bond donors (Lipinski definition) is 1. The Bertz CT molecular complexity index is 320. The van der Waals surface area contributed by atoms with Gasteiger partial charge in [0.05, 0.1) is 0 Å². The van der Waals surface area contributed by atoms with Gasteiger partial charge in [-0.2, -0.15) is 4.98 Å². The third-order valence-corrected chi connectivity index (χ3v) is 2.06. The molecule has 4 nitrogen and oxygen atoms in total. The number of rotatable bonds is 1. The first kappa shape index (κ1) is 8.28. The number of anilines is 1. The van der Waals surface area contributed by atoms with E-state index in [1.54, 1.807) is 0 Å². The Kier molecular flexibility index (Phi) is 1.64. The average Bonchev–Trinajstić information content (AvgIpc) is 2.00. The Morgan fingerprint density at radius 3 is 2.62 bits per heavy atom. The fourth-order valence-electron chi connectivity index (χ4n) is 1.36. The summed E-state index contributed by atoms with van der Waals surface area (Å²) in [4.78, 5) is 11.2. The van der Waals surface area contributed by atoms with Gasteiger partial charge in [0, 0.05) is 18.8 Å². The molecule has 1 aromatic rings. The minimum atomic E-state index is -2.55. The molecule has 1 aromatic heterocycles. The average molecular weight is 186 g/mol. The Balaban J connectivity index is 2.11. The first-order chi connectivity index (χ1) is 6.07. The number of nitrogens with zero attached hydrogens (tertiary/aromatic N) is 3. The van der Waals surface area contributed by atoms with Crippen LogP contribution in [0.25, 0.3) is 0 Å². The van der Waals surface area contributed by atoms with Crippen LogP contribution in [0.15, 0.2) is 6.33 Å². The van der Waals surface area contributed by atoms with Crippen molar-refractivity contribution >= 4 is 5.95 Å². The number of aromatic nitrogens is 3. The van der Waals surface area contributed by atoms with Gasteiger partial charge in [-0.05, 0) is 0 Å². The highest BCUT2D eigenvalue weighted by Crippen LogP contribution is 2.47. The lowest BCUT2D eigenvalue weighted by Crippen LogP contribution is -2.34. The number of hydrogen-bond acceptors (Lipinski definition) is 4. The van der Waals surface area contributed by atoms with Crippen molar-refractivity contribution in [3.63, 3.8) is 0 Å². The summed E-state index contributed by atoms with van der Waals surface area (Å²) in [5.41, 5.74) is 5.29. The van der Waals surface area contributed by atoms with E-state index >= 15 is 0 Å². The molecule has 0 unspecified atom stereocenters. The van der Waals surface area contributed by atoms with Gasteiger partial charge in [-0.25, -0.2) is 18.7 Å². The van der Waals surface area contributed by atoms with E-state index in [2.05, 4.69) is 15.0 Å².